The molecule has 0 aliphatic rings. The van der Waals surface area contributed by atoms with Gasteiger partial charge in [-0.2, -0.15) is 5.26 Å². The van der Waals surface area contributed by atoms with Gasteiger partial charge in [0, 0.05) is 29.1 Å². The van der Waals surface area contributed by atoms with Gasteiger partial charge in [-0.1, -0.05) is 18.2 Å². The van der Waals surface area contributed by atoms with Gasteiger partial charge < -0.3 is 10.5 Å². The van der Waals surface area contributed by atoms with E-state index in [9.17, 15) is 5.26 Å². The number of rotatable bonds is 4. The highest BCUT2D eigenvalue weighted by atomic mass is 16.5. The van der Waals surface area contributed by atoms with Gasteiger partial charge >= 0.3 is 0 Å². The second-order valence-electron chi connectivity index (χ2n) is 5.09. The van der Waals surface area contributed by atoms with Crippen LogP contribution in [0.4, 0.5) is 5.82 Å². The topological polar surface area (TPSA) is 84.8 Å². The van der Waals surface area contributed by atoms with Crippen molar-refractivity contribution in [2.75, 3.05) is 12.3 Å². The molecule has 0 aliphatic carbocycles. The lowest BCUT2D eigenvalue weighted by atomic mass is 9.98. The molecule has 118 valence electrons. The molecule has 0 unspecified atom stereocenters. The second kappa shape index (κ2) is 6.80. The first-order chi connectivity index (χ1) is 11.7. The van der Waals surface area contributed by atoms with Gasteiger partial charge in [0.25, 0.3) is 0 Å². The number of nitrogens with two attached hydrogens (primary N) is 1. The maximum absolute atomic E-state index is 9.52. The number of aromatic nitrogens is 2. The van der Waals surface area contributed by atoms with Gasteiger partial charge in [-0.25, -0.2) is 4.98 Å². The molecule has 5 heteroatoms. The number of anilines is 1. The summed E-state index contributed by atoms with van der Waals surface area (Å²) in [6, 6.07) is 15.3. The van der Waals surface area contributed by atoms with Crippen molar-refractivity contribution in [1.82, 2.24) is 9.97 Å². The average Bonchev–Trinajstić information content (AvgIpc) is 2.62. The van der Waals surface area contributed by atoms with Crippen molar-refractivity contribution < 1.29 is 4.74 Å². The third-order valence-corrected chi connectivity index (χ3v) is 3.61. The average molecular weight is 316 g/mol. The molecular formula is C19H16N4O. The first-order valence-corrected chi connectivity index (χ1v) is 7.57. The first kappa shape index (κ1) is 15.5. The highest BCUT2D eigenvalue weighted by Crippen LogP contribution is 2.36. The van der Waals surface area contributed by atoms with Gasteiger partial charge in [0.1, 0.15) is 23.2 Å². The molecule has 0 saturated carbocycles. The number of hydrogen-bond donors (Lipinski definition) is 1. The molecule has 0 radical (unpaired) electrons. The maximum Gasteiger partial charge on any atom is 0.142 e. The monoisotopic (exact) mass is 316 g/mol. The molecule has 0 atom stereocenters. The number of nitriles is 1. The summed E-state index contributed by atoms with van der Waals surface area (Å²) < 4.78 is 5.70. The van der Waals surface area contributed by atoms with Gasteiger partial charge in [-0.15, -0.1) is 0 Å². The number of nitrogen functional groups attached to an aromatic ring is 1. The second-order valence-corrected chi connectivity index (χ2v) is 5.09. The van der Waals surface area contributed by atoms with E-state index in [1.54, 1.807) is 12.4 Å². The number of benzene rings is 1. The lowest BCUT2D eigenvalue weighted by molar-refractivity contribution is 0.341. The van der Waals surface area contributed by atoms with Crippen LogP contribution in [0.2, 0.25) is 0 Å². The molecule has 0 bridgehead atoms. The van der Waals surface area contributed by atoms with E-state index >= 15 is 0 Å². The third-order valence-electron chi connectivity index (χ3n) is 3.61. The fraction of sp³-hybridized carbons (Fsp3) is 0.105. The van der Waals surface area contributed by atoms with Crippen molar-refractivity contribution in [1.29, 1.82) is 5.26 Å². The Labute approximate surface area is 140 Å². The summed E-state index contributed by atoms with van der Waals surface area (Å²) in [5, 5.41) is 9.52. The molecule has 2 heterocycles. The van der Waals surface area contributed by atoms with Crippen LogP contribution in [0.5, 0.6) is 5.75 Å². The molecule has 2 N–H and O–H groups in total. The van der Waals surface area contributed by atoms with E-state index in [1.165, 1.54) is 0 Å². The zero-order valence-electron chi connectivity index (χ0n) is 13.2. The predicted molar refractivity (Wildman–Crippen MR) is 93.2 cm³/mol. The summed E-state index contributed by atoms with van der Waals surface area (Å²) in [5.41, 5.74) is 9.49. The lowest BCUT2D eigenvalue weighted by Gasteiger charge is -2.14. The quantitative estimate of drug-likeness (QED) is 0.794. The summed E-state index contributed by atoms with van der Waals surface area (Å²) in [6.07, 6.45) is 3.39. The molecule has 0 fully saturated rings. The van der Waals surface area contributed by atoms with Crippen molar-refractivity contribution in [3.05, 3.63) is 60.4 Å². The minimum atomic E-state index is 0.202. The van der Waals surface area contributed by atoms with E-state index < -0.39 is 0 Å². The molecule has 0 saturated heterocycles. The van der Waals surface area contributed by atoms with Crippen LogP contribution in [-0.2, 0) is 0 Å². The number of pyridine rings is 2. The summed E-state index contributed by atoms with van der Waals surface area (Å²) in [4.78, 5) is 8.38. The van der Waals surface area contributed by atoms with Crippen molar-refractivity contribution >= 4 is 5.82 Å². The van der Waals surface area contributed by atoms with E-state index in [4.69, 9.17) is 10.5 Å². The van der Waals surface area contributed by atoms with Crippen LogP contribution in [-0.4, -0.2) is 16.6 Å². The minimum Gasteiger partial charge on any atom is -0.493 e. The highest BCUT2D eigenvalue weighted by Gasteiger charge is 2.16. The van der Waals surface area contributed by atoms with Crippen LogP contribution in [0.3, 0.4) is 0 Å². The summed E-state index contributed by atoms with van der Waals surface area (Å²) >= 11 is 0. The van der Waals surface area contributed by atoms with E-state index in [-0.39, 0.29) is 5.82 Å². The van der Waals surface area contributed by atoms with Gasteiger partial charge in [0.2, 0.25) is 0 Å². The van der Waals surface area contributed by atoms with Crippen molar-refractivity contribution in [3.63, 3.8) is 0 Å². The largest absolute Gasteiger partial charge is 0.493 e. The number of para-hydroxylation sites is 1. The standard InChI is InChI=1S/C19H16N4O/c1-2-24-18-6-4-3-5-14(18)15-11-17(13-7-9-22-10-8-13)23-19(21)16(15)12-20/h3-11H,2H2,1H3,(H2,21,23). The molecule has 0 amide bonds. The Bertz CT molecular complexity index is 901. The fourth-order valence-corrected chi connectivity index (χ4v) is 2.54. The highest BCUT2D eigenvalue weighted by molar-refractivity contribution is 5.82. The predicted octanol–water partition coefficient (Wildman–Crippen LogP) is 3.66. The zero-order valence-corrected chi connectivity index (χ0v) is 13.2. The van der Waals surface area contributed by atoms with Crippen LogP contribution in [0, 0.1) is 11.3 Å². The van der Waals surface area contributed by atoms with Gasteiger partial charge in [-0.3, -0.25) is 4.98 Å². The summed E-state index contributed by atoms with van der Waals surface area (Å²) in [7, 11) is 0. The number of nitrogens with zero attached hydrogens (tertiary/aromatic N) is 3. The Balaban J connectivity index is 2.24. The Hall–Kier alpha value is -3.39. The zero-order chi connectivity index (χ0) is 16.9. The normalized spacial score (nSPS) is 10.2. The van der Waals surface area contributed by atoms with Crippen LogP contribution in [0.15, 0.2) is 54.9 Å². The molecule has 0 aliphatic heterocycles. The van der Waals surface area contributed by atoms with Crippen molar-refractivity contribution in [3.8, 4) is 34.2 Å². The van der Waals surface area contributed by atoms with Gasteiger partial charge in [0.15, 0.2) is 0 Å². The van der Waals surface area contributed by atoms with E-state index in [0.29, 0.717) is 29.2 Å². The van der Waals surface area contributed by atoms with Crippen molar-refractivity contribution in [2.24, 2.45) is 0 Å². The molecule has 3 aromatic rings. The molecule has 3 rings (SSSR count). The Morgan fingerprint density at radius 1 is 1.12 bits per heavy atom. The molecule has 1 aromatic carbocycles. The summed E-state index contributed by atoms with van der Waals surface area (Å²) in [6.45, 7) is 2.46. The van der Waals surface area contributed by atoms with Crippen LogP contribution in [0.1, 0.15) is 12.5 Å². The van der Waals surface area contributed by atoms with Gasteiger partial charge in [-0.05, 0) is 31.2 Å². The minimum absolute atomic E-state index is 0.202. The first-order valence-electron chi connectivity index (χ1n) is 7.57. The molecule has 24 heavy (non-hydrogen) atoms. The molecular weight excluding hydrogens is 300 g/mol. The van der Waals surface area contributed by atoms with E-state index in [1.807, 2.05) is 49.4 Å². The molecule has 2 aromatic heterocycles. The van der Waals surface area contributed by atoms with E-state index in [2.05, 4.69) is 16.0 Å². The van der Waals surface area contributed by atoms with Crippen LogP contribution < -0.4 is 10.5 Å². The smallest absolute Gasteiger partial charge is 0.142 e. The van der Waals surface area contributed by atoms with Crippen LogP contribution >= 0.6 is 0 Å². The molecule has 0 spiro atoms. The lowest BCUT2D eigenvalue weighted by Crippen LogP contribution is -2.01. The molecule has 5 nitrogen and oxygen atoms in total. The van der Waals surface area contributed by atoms with Gasteiger partial charge in [0.05, 0.1) is 12.3 Å². The SMILES string of the molecule is CCOc1ccccc1-c1cc(-c2ccncc2)nc(N)c1C#N. The maximum atomic E-state index is 9.52. The third kappa shape index (κ3) is 2.90. The number of hydrogen-bond acceptors (Lipinski definition) is 5. The number of ether oxygens (including phenoxy) is 1. The fourth-order valence-electron chi connectivity index (χ4n) is 2.54. The Morgan fingerprint density at radius 2 is 1.88 bits per heavy atom. The van der Waals surface area contributed by atoms with Crippen LogP contribution in [0.25, 0.3) is 22.4 Å². The Morgan fingerprint density at radius 3 is 2.58 bits per heavy atom. The van der Waals surface area contributed by atoms with Crippen molar-refractivity contribution in [2.45, 2.75) is 6.92 Å². The summed E-state index contributed by atoms with van der Waals surface area (Å²) in [5.74, 6) is 0.913. The van der Waals surface area contributed by atoms with E-state index in [0.717, 1.165) is 11.1 Å². The Kier molecular flexibility index (Phi) is 4.39.